The van der Waals surface area contributed by atoms with Gasteiger partial charge in [0.1, 0.15) is 11.6 Å². The molecule has 1 saturated heterocycles. The van der Waals surface area contributed by atoms with Crippen molar-refractivity contribution in [2.45, 2.75) is 11.8 Å². The van der Waals surface area contributed by atoms with Gasteiger partial charge in [0.05, 0.1) is 10.8 Å². The summed E-state index contributed by atoms with van der Waals surface area (Å²) in [6.07, 6.45) is 0. The third-order valence-electron chi connectivity index (χ3n) is 3.45. The smallest absolute Gasteiger partial charge is 0.306 e. The van der Waals surface area contributed by atoms with Gasteiger partial charge < -0.3 is 5.11 Å². The zero-order valence-electron chi connectivity index (χ0n) is 10.6. The van der Waals surface area contributed by atoms with Crippen LogP contribution in [0.15, 0.2) is 23.1 Å². The fourth-order valence-corrected chi connectivity index (χ4v) is 3.61. The summed E-state index contributed by atoms with van der Waals surface area (Å²) in [5.41, 5.74) is 0. The third kappa shape index (κ3) is 2.66. The second-order valence-electron chi connectivity index (χ2n) is 4.81. The van der Waals surface area contributed by atoms with Crippen molar-refractivity contribution in [3.63, 3.8) is 0 Å². The van der Waals surface area contributed by atoms with Crippen molar-refractivity contribution in [2.75, 3.05) is 13.1 Å². The molecule has 8 heteroatoms. The molecule has 1 unspecified atom stereocenters. The normalized spacial score (nSPS) is 18.6. The first-order chi connectivity index (χ1) is 9.21. The van der Waals surface area contributed by atoms with E-state index in [0.29, 0.717) is 6.07 Å². The molecule has 0 spiro atoms. The minimum atomic E-state index is -3.98. The van der Waals surface area contributed by atoms with Crippen molar-refractivity contribution >= 4 is 16.0 Å². The predicted octanol–water partition coefficient (Wildman–Crippen LogP) is 1.31. The van der Waals surface area contributed by atoms with Gasteiger partial charge in [-0.15, -0.1) is 0 Å². The molecule has 1 aliphatic heterocycles. The van der Waals surface area contributed by atoms with E-state index in [0.717, 1.165) is 16.4 Å². The van der Waals surface area contributed by atoms with E-state index in [1.807, 2.05) is 0 Å². The molecule has 1 aromatic rings. The summed E-state index contributed by atoms with van der Waals surface area (Å²) in [6, 6.07) is 2.07. The summed E-state index contributed by atoms with van der Waals surface area (Å²) in [7, 11) is -3.98. The van der Waals surface area contributed by atoms with Gasteiger partial charge in [-0.05, 0) is 18.1 Å². The van der Waals surface area contributed by atoms with E-state index in [4.69, 9.17) is 5.11 Å². The maximum Gasteiger partial charge on any atom is 0.306 e. The number of halogens is 2. The Balaban J connectivity index is 2.16. The zero-order valence-corrected chi connectivity index (χ0v) is 11.4. The molecule has 2 rings (SSSR count). The minimum absolute atomic E-state index is 0.0356. The Hall–Kier alpha value is -1.54. The summed E-state index contributed by atoms with van der Waals surface area (Å²) >= 11 is 0. The van der Waals surface area contributed by atoms with Gasteiger partial charge >= 0.3 is 5.97 Å². The summed E-state index contributed by atoms with van der Waals surface area (Å²) in [5.74, 6) is -3.89. The number of sulfonamides is 1. The van der Waals surface area contributed by atoms with Crippen LogP contribution in [0.2, 0.25) is 0 Å². The molecule has 1 aromatic carbocycles. The van der Waals surface area contributed by atoms with E-state index < -0.39 is 38.4 Å². The lowest BCUT2D eigenvalue weighted by Gasteiger charge is -2.39. The second-order valence-corrected chi connectivity index (χ2v) is 6.75. The van der Waals surface area contributed by atoms with Gasteiger partial charge in [0.2, 0.25) is 10.0 Å². The standard InChI is InChI=1S/C12H13F2NO4S/c1-7(12(16)17)8-5-15(6-8)20(18,19)11-3-9(13)2-10(14)4-11/h2-4,7-8H,5-6H2,1H3,(H,16,17). The van der Waals surface area contributed by atoms with Crippen molar-refractivity contribution in [1.29, 1.82) is 0 Å². The van der Waals surface area contributed by atoms with Gasteiger partial charge in [-0.1, -0.05) is 6.92 Å². The first-order valence-electron chi connectivity index (χ1n) is 5.91. The lowest BCUT2D eigenvalue weighted by molar-refractivity contribution is -0.144. The highest BCUT2D eigenvalue weighted by molar-refractivity contribution is 7.89. The number of carboxylic acid groups (broad SMARTS) is 1. The number of rotatable bonds is 4. The predicted molar refractivity (Wildman–Crippen MR) is 65.4 cm³/mol. The molecule has 0 radical (unpaired) electrons. The molecular weight excluding hydrogens is 292 g/mol. The zero-order chi connectivity index (χ0) is 15.1. The van der Waals surface area contributed by atoms with E-state index in [1.165, 1.54) is 6.92 Å². The van der Waals surface area contributed by atoms with Gasteiger partial charge in [0.15, 0.2) is 0 Å². The van der Waals surface area contributed by atoms with Crippen molar-refractivity contribution in [1.82, 2.24) is 4.31 Å². The number of nitrogens with zero attached hydrogens (tertiary/aromatic N) is 1. The molecule has 1 N–H and O–H groups in total. The topological polar surface area (TPSA) is 74.7 Å². The van der Waals surface area contributed by atoms with E-state index in [1.54, 1.807) is 0 Å². The Morgan fingerprint density at radius 3 is 2.25 bits per heavy atom. The molecule has 0 amide bonds. The number of hydrogen-bond donors (Lipinski definition) is 1. The summed E-state index contributed by atoms with van der Waals surface area (Å²) in [4.78, 5) is 10.3. The van der Waals surface area contributed by atoms with Crippen LogP contribution >= 0.6 is 0 Å². The molecule has 0 saturated carbocycles. The molecule has 1 atom stereocenters. The van der Waals surface area contributed by atoms with Crippen LogP contribution in [0, 0.1) is 23.5 Å². The first-order valence-corrected chi connectivity index (χ1v) is 7.35. The Labute approximate surface area is 114 Å². The SMILES string of the molecule is CC(C(=O)O)C1CN(S(=O)(=O)c2cc(F)cc(F)c2)C1. The molecule has 0 aliphatic carbocycles. The van der Waals surface area contributed by atoms with Crippen molar-refractivity contribution in [3.05, 3.63) is 29.8 Å². The van der Waals surface area contributed by atoms with E-state index in [2.05, 4.69) is 0 Å². The molecule has 1 heterocycles. The molecule has 0 aromatic heterocycles. The Bertz CT molecular complexity index is 621. The molecule has 5 nitrogen and oxygen atoms in total. The van der Waals surface area contributed by atoms with Crippen LogP contribution in [0.4, 0.5) is 8.78 Å². The van der Waals surface area contributed by atoms with Gasteiger partial charge in [-0.25, -0.2) is 17.2 Å². The van der Waals surface area contributed by atoms with Crippen molar-refractivity contribution < 1.29 is 27.1 Å². The van der Waals surface area contributed by atoms with Crippen molar-refractivity contribution in [2.24, 2.45) is 11.8 Å². The van der Waals surface area contributed by atoms with E-state index in [-0.39, 0.29) is 19.0 Å². The van der Waals surface area contributed by atoms with E-state index >= 15 is 0 Å². The summed E-state index contributed by atoms with van der Waals surface area (Å²) < 4.78 is 51.3. The maximum atomic E-state index is 13.1. The van der Waals surface area contributed by atoms with E-state index in [9.17, 15) is 22.0 Å². The van der Waals surface area contributed by atoms with Crippen LogP contribution in [0.3, 0.4) is 0 Å². The van der Waals surface area contributed by atoms with Gasteiger partial charge in [0, 0.05) is 19.2 Å². The Morgan fingerprint density at radius 1 is 1.30 bits per heavy atom. The number of aliphatic carboxylic acids is 1. The molecule has 20 heavy (non-hydrogen) atoms. The molecule has 1 aliphatic rings. The lowest BCUT2D eigenvalue weighted by atomic mass is 9.89. The minimum Gasteiger partial charge on any atom is -0.481 e. The first kappa shape index (κ1) is 14.9. The average molecular weight is 305 g/mol. The van der Waals surface area contributed by atoms with Gasteiger partial charge in [-0.2, -0.15) is 4.31 Å². The summed E-state index contributed by atoms with van der Waals surface area (Å²) in [5, 5.41) is 8.83. The fourth-order valence-electron chi connectivity index (χ4n) is 2.01. The molecular formula is C12H13F2NO4S. The largest absolute Gasteiger partial charge is 0.481 e. The fraction of sp³-hybridized carbons (Fsp3) is 0.417. The molecule has 1 fully saturated rings. The average Bonchev–Trinajstić information content (AvgIpc) is 2.24. The lowest BCUT2D eigenvalue weighted by Crippen LogP contribution is -2.53. The third-order valence-corrected chi connectivity index (χ3v) is 5.26. The van der Waals surface area contributed by atoms with Crippen LogP contribution < -0.4 is 0 Å². The highest BCUT2D eigenvalue weighted by Crippen LogP contribution is 2.30. The second kappa shape index (κ2) is 5.10. The quantitative estimate of drug-likeness (QED) is 0.910. The van der Waals surface area contributed by atoms with Gasteiger partial charge in [-0.3, -0.25) is 4.79 Å². The number of hydrogen-bond acceptors (Lipinski definition) is 3. The monoisotopic (exact) mass is 305 g/mol. The molecule has 0 bridgehead atoms. The molecule has 110 valence electrons. The Kier molecular flexibility index (Phi) is 3.79. The van der Waals surface area contributed by atoms with Crippen LogP contribution in [0.25, 0.3) is 0 Å². The highest BCUT2D eigenvalue weighted by Gasteiger charge is 2.41. The highest BCUT2D eigenvalue weighted by atomic mass is 32.2. The van der Waals surface area contributed by atoms with Crippen LogP contribution in [0.1, 0.15) is 6.92 Å². The number of carboxylic acids is 1. The van der Waals surface area contributed by atoms with Gasteiger partial charge in [0.25, 0.3) is 0 Å². The number of carbonyl (C=O) groups is 1. The maximum absolute atomic E-state index is 13.1. The number of benzene rings is 1. The summed E-state index contributed by atoms with van der Waals surface area (Å²) in [6.45, 7) is 1.57. The Morgan fingerprint density at radius 2 is 1.80 bits per heavy atom. The van der Waals surface area contributed by atoms with Crippen LogP contribution in [0.5, 0.6) is 0 Å². The van der Waals surface area contributed by atoms with Crippen LogP contribution in [-0.4, -0.2) is 36.9 Å². The van der Waals surface area contributed by atoms with Crippen molar-refractivity contribution in [3.8, 4) is 0 Å². The van der Waals surface area contributed by atoms with Crippen LogP contribution in [-0.2, 0) is 14.8 Å².